The Morgan fingerprint density at radius 3 is 2.47 bits per heavy atom. The van der Waals surface area contributed by atoms with Crippen molar-refractivity contribution in [2.75, 3.05) is 41.5 Å². The fraction of sp³-hybridized carbons (Fsp3) is 0.960. The van der Waals surface area contributed by atoms with Crippen LogP contribution >= 0.6 is 0 Å². The Morgan fingerprint density at radius 2 is 1.88 bits per heavy atom. The van der Waals surface area contributed by atoms with Crippen molar-refractivity contribution in [3.05, 3.63) is 0 Å². The van der Waals surface area contributed by atoms with Crippen molar-refractivity contribution >= 4 is 6.29 Å². The number of nitrogens with zero attached hydrogens (tertiary/aromatic N) is 1. The van der Waals surface area contributed by atoms with E-state index in [1.165, 1.54) is 0 Å². The highest BCUT2D eigenvalue weighted by Gasteiger charge is 2.87. The number of ether oxygens (including phenoxy) is 5. The van der Waals surface area contributed by atoms with Gasteiger partial charge in [0, 0.05) is 70.0 Å². The second kappa shape index (κ2) is 7.44. The van der Waals surface area contributed by atoms with Gasteiger partial charge in [0.05, 0.1) is 18.3 Å². The Labute approximate surface area is 201 Å². The van der Waals surface area contributed by atoms with Gasteiger partial charge in [-0.1, -0.05) is 6.92 Å². The lowest BCUT2D eigenvalue weighted by molar-refractivity contribution is -0.451. The molecule has 2 N–H and O–H groups in total. The molecule has 4 aliphatic carbocycles. The third-order valence-corrected chi connectivity index (χ3v) is 11.1. The van der Waals surface area contributed by atoms with Crippen LogP contribution in [0.3, 0.4) is 0 Å². The van der Waals surface area contributed by atoms with E-state index in [1.54, 1.807) is 28.4 Å². The summed E-state index contributed by atoms with van der Waals surface area (Å²) in [6, 6.07) is 0. The van der Waals surface area contributed by atoms with Gasteiger partial charge in [-0.3, -0.25) is 4.90 Å². The van der Waals surface area contributed by atoms with Crippen LogP contribution in [0.1, 0.15) is 32.6 Å². The van der Waals surface area contributed by atoms with E-state index in [2.05, 4.69) is 11.8 Å². The molecule has 0 aromatic heterocycles. The Hall–Kier alpha value is -0.650. The van der Waals surface area contributed by atoms with Crippen molar-refractivity contribution < 1.29 is 38.7 Å². The number of hydrogen-bond acceptors (Lipinski definition) is 9. The summed E-state index contributed by atoms with van der Waals surface area (Å²) in [5, 5.41) is 25.1. The van der Waals surface area contributed by atoms with Crippen LogP contribution in [0.5, 0.6) is 0 Å². The Balaban J connectivity index is 1.69. The van der Waals surface area contributed by atoms with E-state index < -0.39 is 40.5 Å². The summed E-state index contributed by atoms with van der Waals surface area (Å²) >= 11 is 0. The highest BCUT2D eigenvalue weighted by atomic mass is 16.7. The van der Waals surface area contributed by atoms with Crippen molar-refractivity contribution in [1.29, 1.82) is 0 Å². The molecule has 9 nitrogen and oxygen atoms in total. The molecule has 3 heterocycles. The maximum absolute atomic E-state index is 13.0. The monoisotopic (exact) mass is 481 g/mol. The van der Waals surface area contributed by atoms with Crippen molar-refractivity contribution in [3.8, 4) is 0 Å². The minimum absolute atomic E-state index is 0.0736. The third-order valence-electron chi connectivity index (χ3n) is 11.1. The zero-order chi connectivity index (χ0) is 24.3. The predicted octanol–water partition coefficient (Wildman–Crippen LogP) is 0.409. The first-order valence-corrected chi connectivity index (χ1v) is 12.7. The van der Waals surface area contributed by atoms with Gasteiger partial charge < -0.3 is 38.7 Å². The Morgan fingerprint density at radius 1 is 1.12 bits per heavy atom. The molecule has 3 aliphatic heterocycles. The molecule has 0 radical (unpaired) electrons. The van der Waals surface area contributed by atoms with Crippen molar-refractivity contribution in [2.45, 2.75) is 74.6 Å². The molecule has 0 aromatic carbocycles. The summed E-state index contributed by atoms with van der Waals surface area (Å²) in [5.74, 6) is -2.81. The van der Waals surface area contributed by atoms with Crippen LogP contribution in [-0.2, 0) is 28.5 Å². The molecule has 7 bridgehead atoms. The molecular formula is C25H39NO8. The first kappa shape index (κ1) is 23.7. The summed E-state index contributed by atoms with van der Waals surface area (Å²) < 4.78 is 31.0. The molecule has 9 heteroatoms. The molecule has 34 heavy (non-hydrogen) atoms. The summed E-state index contributed by atoms with van der Waals surface area (Å²) in [6.45, 7) is 3.26. The first-order chi connectivity index (χ1) is 16.3. The van der Waals surface area contributed by atoms with Gasteiger partial charge in [-0.15, -0.1) is 0 Å². The lowest BCUT2D eigenvalue weighted by Gasteiger charge is -2.71. The maximum atomic E-state index is 13.0. The lowest BCUT2D eigenvalue weighted by atomic mass is 9.44. The molecule has 3 saturated heterocycles. The van der Waals surface area contributed by atoms with E-state index in [0.29, 0.717) is 19.5 Å². The summed E-state index contributed by atoms with van der Waals surface area (Å²) in [4.78, 5) is 15.2. The fourth-order valence-electron chi connectivity index (χ4n) is 10.2. The number of piperidine rings is 1. The molecule has 7 aliphatic rings. The second-order valence-electron chi connectivity index (χ2n) is 11.6. The summed E-state index contributed by atoms with van der Waals surface area (Å²) in [7, 11) is 6.60. The van der Waals surface area contributed by atoms with Crippen LogP contribution in [0.2, 0.25) is 0 Å². The van der Waals surface area contributed by atoms with E-state index in [-0.39, 0.29) is 42.5 Å². The van der Waals surface area contributed by atoms with Gasteiger partial charge >= 0.3 is 0 Å². The highest BCUT2D eigenvalue weighted by Crippen LogP contribution is 2.76. The van der Waals surface area contributed by atoms with Crippen LogP contribution in [0.15, 0.2) is 0 Å². The molecule has 4 saturated carbocycles. The molecular weight excluding hydrogens is 442 g/mol. The minimum atomic E-state index is -2.03. The van der Waals surface area contributed by atoms with E-state index >= 15 is 0 Å². The zero-order valence-electron chi connectivity index (χ0n) is 20.8. The second-order valence-corrected chi connectivity index (χ2v) is 11.6. The third kappa shape index (κ3) is 2.29. The molecule has 1 spiro atoms. The number of methoxy groups -OCH3 is 4. The SMILES string of the molecule is CCN1C[C@]2(C=O)CC[C@H](OC)[C@]34[C@@H]5C[C@H]6[C@H](OC)[C@@H]5[C@](O)(C[C@@H]6OC)C(O)(O[C@@H]13)[C@@H](OC)[C@H]24. The zero-order valence-corrected chi connectivity index (χ0v) is 20.8. The van der Waals surface area contributed by atoms with Gasteiger partial charge in [0.25, 0.3) is 0 Å². The molecule has 7 rings (SSSR count). The number of likely N-dealkylation sites (tertiary alicyclic amines) is 1. The van der Waals surface area contributed by atoms with E-state index in [1.807, 2.05) is 0 Å². The van der Waals surface area contributed by atoms with Crippen LogP contribution in [0.25, 0.3) is 0 Å². The van der Waals surface area contributed by atoms with Gasteiger partial charge in [-0.25, -0.2) is 0 Å². The maximum Gasteiger partial charge on any atom is 0.224 e. The number of hydrogen-bond donors (Lipinski definition) is 2. The van der Waals surface area contributed by atoms with Gasteiger partial charge in [-0.05, 0) is 31.7 Å². The number of aliphatic hydroxyl groups is 2. The minimum Gasteiger partial charge on any atom is -0.384 e. The number of carbonyl (C=O) groups is 1. The van der Waals surface area contributed by atoms with Crippen LogP contribution in [0.4, 0.5) is 0 Å². The van der Waals surface area contributed by atoms with Crippen LogP contribution < -0.4 is 0 Å². The molecule has 13 atom stereocenters. The number of fused-ring (bicyclic) bond motifs is 1. The average Bonchev–Trinajstić information content (AvgIpc) is 3.12. The van der Waals surface area contributed by atoms with Crippen molar-refractivity contribution in [3.63, 3.8) is 0 Å². The standard InChI is InChI=1S/C25H39NO8/c1-6-26-11-22(12-27)8-7-16(31-3)24-14-9-13-15(30-2)10-23(28,17(14)18(13)32-4)25(29,34-21(24)26)20(33-5)19(22)24/h12-21,28-29H,6-11H2,1-5H3/t13-,14-,15+,16+,17-,18+,19-,20+,21-,22+,23-,24+,25?/m1/s1. The highest BCUT2D eigenvalue weighted by molar-refractivity contribution is 5.63. The largest absolute Gasteiger partial charge is 0.384 e. The summed E-state index contributed by atoms with van der Waals surface area (Å²) in [6.07, 6.45) is 1.22. The van der Waals surface area contributed by atoms with Gasteiger partial charge in [-0.2, -0.15) is 0 Å². The number of carbonyl (C=O) groups excluding carboxylic acids is 1. The van der Waals surface area contributed by atoms with Crippen molar-refractivity contribution in [1.82, 2.24) is 4.90 Å². The van der Waals surface area contributed by atoms with Gasteiger partial charge in [0.1, 0.15) is 24.2 Å². The molecule has 192 valence electrons. The fourth-order valence-corrected chi connectivity index (χ4v) is 10.2. The predicted molar refractivity (Wildman–Crippen MR) is 119 cm³/mol. The Bertz CT molecular complexity index is 859. The van der Waals surface area contributed by atoms with Gasteiger partial charge in [0.15, 0.2) is 0 Å². The summed E-state index contributed by atoms with van der Waals surface area (Å²) in [5.41, 5.74) is -3.05. The topological polar surface area (TPSA) is 107 Å². The molecule has 0 aromatic rings. The quantitative estimate of drug-likeness (QED) is 0.522. The van der Waals surface area contributed by atoms with E-state index in [4.69, 9.17) is 23.7 Å². The molecule has 7 fully saturated rings. The first-order valence-electron chi connectivity index (χ1n) is 12.7. The van der Waals surface area contributed by atoms with E-state index in [9.17, 15) is 15.0 Å². The normalized spacial score (nSPS) is 59.7. The number of aldehydes is 1. The number of rotatable bonds is 6. The van der Waals surface area contributed by atoms with Crippen LogP contribution in [0, 0.1) is 34.5 Å². The van der Waals surface area contributed by atoms with Crippen molar-refractivity contribution in [2.24, 2.45) is 34.5 Å². The van der Waals surface area contributed by atoms with E-state index in [0.717, 1.165) is 19.1 Å². The average molecular weight is 482 g/mol. The lowest BCUT2D eigenvalue weighted by Crippen LogP contribution is -2.83. The van der Waals surface area contributed by atoms with Gasteiger partial charge in [0.2, 0.25) is 5.79 Å². The molecule has 1 unspecified atom stereocenters. The smallest absolute Gasteiger partial charge is 0.224 e. The Kier molecular flexibility index (Phi) is 5.20. The van der Waals surface area contributed by atoms with Crippen LogP contribution in [-0.4, -0.2) is 105 Å². The molecule has 0 amide bonds.